The Kier molecular flexibility index (Phi) is 5.47. The van der Waals surface area contributed by atoms with Gasteiger partial charge in [0.15, 0.2) is 0 Å². The summed E-state index contributed by atoms with van der Waals surface area (Å²) in [6.07, 6.45) is 1.22. The molecule has 1 unspecified atom stereocenters. The molecular weight excluding hydrogens is 284 g/mol. The molecule has 2 nitrogen and oxygen atoms in total. The molecular formula is C16H24N2S2. The minimum absolute atomic E-state index is 0.164. The van der Waals surface area contributed by atoms with Crippen LogP contribution in [0.15, 0.2) is 30.3 Å². The largest absolute Gasteiger partial charge is 0.393 e. The maximum absolute atomic E-state index is 5.98. The van der Waals surface area contributed by atoms with Crippen molar-refractivity contribution in [1.29, 1.82) is 0 Å². The van der Waals surface area contributed by atoms with Gasteiger partial charge in [-0.1, -0.05) is 56.4 Å². The van der Waals surface area contributed by atoms with Crippen molar-refractivity contribution in [3.8, 4) is 0 Å². The molecule has 0 aliphatic carbocycles. The summed E-state index contributed by atoms with van der Waals surface area (Å²) in [6.45, 7) is 7.87. The third-order valence-electron chi connectivity index (χ3n) is 3.92. The van der Waals surface area contributed by atoms with Crippen molar-refractivity contribution in [2.24, 2.45) is 5.73 Å². The summed E-state index contributed by atoms with van der Waals surface area (Å²) < 4.78 is 0.389. The number of benzene rings is 1. The second kappa shape index (κ2) is 6.92. The summed E-state index contributed by atoms with van der Waals surface area (Å²) in [4.78, 5) is 3.12. The topological polar surface area (TPSA) is 29.3 Å². The van der Waals surface area contributed by atoms with Gasteiger partial charge in [-0.25, -0.2) is 0 Å². The van der Waals surface area contributed by atoms with Crippen molar-refractivity contribution >= 4 is 29.0 Å². The van der Waals surface area contributed by atoms with E-state index in [0.29, 0.717) is 9.74 Å². The van der Waals surface area contributed by atoms with Crippen molar-refractivity contribution in [3.63, 3.8) is 0 Å². The molecule has 4 heteroatoms. The molecule has 110 valence electrons. The first-order valence-corrected chi connectivity index (χ1v) is 8.58. The van der Waals surface area contributed by atoms with Crippen LogP contribution in [0.25, 0.3) is 0 Å². The first kappa shape index (κ1) is 15.8. The molecule has 1 atom stereocenters. The van der Waals surface area contributed by atoms with Gasteiger partial charge in [-0.2, -0.15) is 11.8 Å². The molecule has 0 radical (unpaired) electrons. The van der Waals surface area contributed by atoms with E-state index in [1.807, 2.05) is 6.07 Å². The van der Waals surface area contributed by atoms with Crippen molar-refractivity contribution in [1.82, 2.24) is 4.90 Å². The van der Waals surface area contributed by atoms with Gasteiger partial charge in [0.2, 0.25) is 0 Å². The second-order valence-electron chi connectivity index (χ2n) is 6.02. The van der Waals surface area contributed by atoms with Crippen LogP contribution in [0.2, 0.25) is 0 Å². The summed E-state index contributed by atoms with van der Waals surface area (Å²) in [6, 6.07) is 10.4. The zero-order valence-corrected chi connectivity index (χ0v) is 14.0. The fraction of sp³-hybridized carbons (Fsp3) is 0.562. The molecule has 1 aliphatic rings. The van der Waals surface area contributed by atoms with Crippen LogP contribution in [-0.2, 0) is 0 Å². The number of rotatable bonds is 4. The number of thioether (sulfide) groups is 1. The highest BCUT2D eigenvalue weighted by Crippen LogP contribution is 2.31. The molecule has 0 spiro atoms. The van der Waals surface area contributed by atoms with Crippen LogP contribution in [0.3, 0.4) is 0 Å². The molecule has 1 heterocycles. The van der Waals surface area contributed by atoms with Crippen molar-refractivity contribution < 1.29 is 0 Å². The minimum Gasteiger partial charge on any atom is -0.393 e. The fourth-order valence-electron chi connectivity index (χ4n) is 2.55. The van der Waals surface area contributed by atoms with Crippen LogP contribution in [0.5, 0.6) is 0 Å². The average Bonchev–Trinajstić information content (AvgIpc) is 2.58. The first-order valence-electron chi connectivity index (χ1n) is 7.18. The molecule has 1 aromatic rings. The quantitative estimate of drug-likeness (QED) is 0.865. The molecule has 20 heavy (non-hydrogen) atoms. The van der Waals surface area contributed by atoms with Gasteiger partial charge in [-0.3, -0.25) is 0 Å². The predicted molar refractivity (Wildman–Crippen MR) is 93.6 cm³/mol. The zero-order valence-electron chi connectivity index (χ0n) is 12.3. The Morgan fingerprint density at radius 1 is 1.35 bits per heavy atom. The zero-order chi connectivity index (χ0) is 14.6. The van der Waals surface area contributed by atoms with E-state index in [1.54, 1.807) is 0 Å². The molecule has 1 saturated heterocycles. The van der Waals surface area contributed by atoms with Gasteiger partial charge in [-0.05, 0) is 18.5 Å². The Balaban J connectivity index is 2.04. The monoisotopic (exact) mass is 308 g/mol. The smallest absolute Gasteiger partial charge is 0.0816 e. The summed E-state index contributed by atoms with van der Waals surface area (Å²) in [5.74, 6) is 1.35. The summed E-state index contributed by atoms with van der Waals surface area (Å²) in [7, 11) is 0. The van der Waals surface area contributed by atoms with Crippen LogP contribution in [0.1, 0.15) is 31.7 Å². The average molecular weight is 309 g/mol. The standard InChI is InChI=1S/C16H24N2S2/c1-16(2)8-9-18(10-11-20-16)12-14(15(17)19)13-6-4-3-5-7-13/h3-7,14H,8-12H2,1-2H3,(H2,17,19). The summed E-state index contributed by atoms with van der Waals surface area (Å²) >= 11 is 7.36. The van der Waals surface area contributed by atoms with Crippen LogP contribution >= 0.6 is 24.0 Å². The van der Waals surface area contributed by atoms with Gasteiger partial charge in [0.05, 0.1) is 4.99 Å². The second-order valence-corrected chi connectivity index (χ2v) is 8.30. The molecule has 0 amide bonds. The lowest BCUT2D eigenvalue weighted by Crippen LogP contribution is -2.35. The number of hydrogen-bond donors (Lipinski definition) is 1. The lowest BCUT2D eigenvalue weighted by atomic mass is 9.98. The van der Waals surface area contributed by atoms with Gasteiger partial charge in [0, 0.05) is 29.5 Å². The van der Waals surface area contributed by atoms with E-state index in [2.05, 4.69) is 54.8 Å². The highest BCUT2D eigenvalue weighted by atomic mass is 32.2. The Hall–Kier alpha value is -0.580. The van der Waals surface area contributed by atoms with E-state index >= 15 is 0 Å². The maximum Gasteiger partial charge on any atom is 0.0816 e. The Morgan fingerprint density at radius 3 is 2.70 bits per heavy atom. The number of nitrogens with zero attached hydrogens (tertiary/aromatic N) is 1. The highest BCUT2D eigenvalue weighted by molar-refractivity contribution is 8.00. The normalized spacial score (nSPS) is 21.1. The maximum atomic E-state index is 5.98. The van der Waals surface area contributed by atoms with E-state index in [4.69, 9.17) is 18.0 Å². The first-order chi connectivity index (χ1) is 9.48. The van der Waals surface area contributed by atoms with E-state index < -0.39 is 0 Å². The van der Waals surface area contributed by atoms with Gasteiger partial charge >= 0.3 is 0 Å². The van der Waals surface area contributed by atoms with Gasteiger partial charge in [0.1, 0.15) is 0 Å². The van der Waals surface area contributed by atoms with Gasteiger partial charge < -0.3 is 10.6 Å². The van der Waals surface area contributed by atoms with E-state index in [9.17, 15) is 0 Å². The summed E-state index contributed by atoms with van der Waals surface area (Å²) in [5.41, 5.74) is 7.21. The van der Waals surface area contributed by atoms with E-state index in [-0.39, 0.29) is 5.92 Å². The third-order valence-corrected chi connectivity index (χ3v) is 5.57. The molecule has 0 saturated carbocycles. The molecule has 0 aromatic heterocycles. The van der Waals surface area contributed by atoms with Crippen molar-refractivity contribution in [3.05, 3.63) is 35.9 Å². The van der Waals surface area contributed by atoms with Gasteiger partial charge in [0.25, 0.3) is 0 Å². The lowest BCUT2D eigenvalue weighted by molar-refractivity contribution is 0.282. The van der Waals surface area contributed by atoms with Crippen LogP contribution in [-0.4, -0.2) is 40.0 Å². The van der Waals surface area contributed by atoms with Gasteiger partial charge in [-0.15, -0.1) is 0 Å². The SMILES string of the molecule is CC1(C)CCN(CC(C(N)=S)c2ccccc2)CCS1. The molecule has 2 N–H and O–H groups in total. The van der Waals surface area contributed by atoms with Crippen molar-refractivity contribution in [2.45, 2.75) is 30.9 Å². The van der Waals surface area contributed by atoms with E-state index in [0.717, 1.165) is 19.6 Å². The third kappa shape index (κ3) is 4.47. The predicted octanol–water partition coefficient (Wildman–Crippen LogP) is 3.27. The molecule has 1 fully saturated rings. The molecule has 1 aromatic carbocycles. The van der Waals surface area contributed by atoms with E-state index in [1.165, 1.54) is 17.7 Å². The molecule has 1 aliphatic heterocycles. The molecule has 2 rings (SSSR count). The molecule has 0 bridgehead atoms. The minimum atomic E-state index is 0.164. The van der Waals surface area contributed by atoms with Crippen LogP contribution < -0.4 is 5.73 Å². The summed E-state index contributed by atoms with van der Waals surface area (Å²) in [5, 5.41) is 0. The Morgan fingerprint density at radius 2 is 2.05 bits per heavy atom. The number of hydrogen-bond acceptors (Lipinski definition) is 3. The van der Waals surface area contributed by atoms with Crippen LogP contribution in [0, 0.1) is 0 Å². The van der Waals surface area contributed by atoms with Crippen LogP contribution in [0.4, 0.5) is 0 Å². The lowest BCUT2D eigenvalue weighted by Gasteiger charge is -2.26. The number of nitrogens with two attached hydrogens (primary N) is 1. The van der Waals surface area contributed by atoms with Crippen molar-refractivity contribution in [2.75, 3.05) is 25.4 Å². The fourth-order valence-corrected chi connectivity index (χ4v) is 3.90. The Bertz CT molecular complexity index is 445. The highest BCUT2D eigenvalue weighted by Gasteiger charge is 2.26. The number of thiocarbonyl (C=S) groups is 1. The Labute approximate surface area is 132 Å².